The molecule has 0 aliphatic rings. The first kappa shape index (κ1) is 16.2. The third kappa shape index (κ3) is 3.26. The van der Waals surface area contributed by atoms with Crippen molar-refractivity contribution in [1.82, 2.24) is 34.3 Å². The van der Waals surface area contributed by atoms with Crippen molar-refractivity contribution >= 4 is 11.6 Å². The van der Waals surface area contributed by atoms with Crippen LogP contribution in [0.3, 0.4) is 0 Å². The minimum atomic E-state index is 0.612. The van der Waals surface area contributed by atoms with Crippen molar-refractivity contribution < 1.29 is 0 Å². The zero-order valence-corrected chi connectivity index (χ0v) is 14.8. The van der Waals surface area contributed by atoms with Gasteiger partial charge in [-0.3, -0.25) is 0 Å². The van der Waals surface area contributed by atoms with Crippen molar-refractivity contribution in [1.29, 1.82) is 0 Å². The van der Waals surface area contributed by atoms with Crippen LogP contribution in [0.25, 0.3) is 11.6 Å². The molecule has 0 atom stereocenters. The molecule has 132 valence electrons. The van der Waals surface area contributed by atoms with Gasteiger partial charge in [0.15, 0.2) is 5.82 Å². The topological polar surface area (TPSA) is 85.8 Å². The van der Waals surface area contributed by atoms with E-state index in [2.05, 4.69) is 37.4 Å². The number of aromatic nitrogens is 7. The Morgan fingerprint density at radius 1 is 1.15 bits per heavy atom. The molecule has 0 aromatic carbocycles. The summed E-state index contributed by atoms with van der Waals surface area (Å²) >= 11 is 0. The van der Waals surface area contributed by atoms with Gasteiger partial charge in [-0.05, 0) is 31.0 Å². The summed E-state index contributed by atoms with van der Waals surface area (Å²) in [6, 6.07) is 7.99. The monoisotopic (exact) mass is 348 g/mol. The smallest absolute Gasteiger partial charge is 0.254 e. The van der Waals surface area contributed by atoms with Crippen LogP contribution in [0.4, 0.5) is 5.82 Å². The van der Waals surface area contributed by atoms with Crippen molar-refractivity contribution in [2.24, 2.45) is 0 Å². The molecule has 0 saturated heterocycles. The van der Waals surface area contributed by atoms with Gasteiger partial charge in [-0.1, -0.05) is 19.4 Å². The summed E-state index contributed by atoms with van der Waals surface area (Å²) in [4.78, 5) is 13.2. The van der Waals surface area contributed by atoms with E-state index in [1.54, 1.807) is 9.20 Å². The minimum absolute atomic E-state index is 0.612. The molecular weight excluding hydrogens is 328 g/mol. The summed E-state index contributed by atoms with van der Waals surface area (Å²) in [6.45, 7) is 4.73. The van der Waals surface area contributed by atoms with Gasteiger partial charge < -0.3 is 5.32 Å². The van der Waals surface area contributed by atoms with Crippen LogP contribution >= 0.6 is 0 Å². The number of pyridine rings is 1. The highest BCUT2D eigenvalue weighted by Gasteiger charge is 2.07. The van der Waals surface area contributed by atoms with Gasteiger partial charge in [-0.15, -0.1) is 0 Å². The maximum Gasteiger partial charge on any atom is 0.254 e. The molecule has 0 spiro atoms. The van der Waals surface area contributed by atoms with E-state index in [-0.39, 0.29) is 0 Å². The summed E-state index contributed by atoms with van der Waals surface area (Å²) in [6.07, 6.45) is 7.23. The van der Waals surface area contributed by atoms with Crippen molar-refractivity contribution in [3.63, 3.8) is 0 Å². The van der Waals surface area contributed by atoms with Crippen molar-refractivity contribution in [3.05, 3.63) is 59.9 Å². The molecule has 0 aliphatic carbocycles. The predicted octanol–water partition coefficient (Wildman–Crippen LogP) is 2.58. The maximum absolute atomic E-state index is 4.52. The predicted molar refractivity (Wildman–Crippen MR) is 98.2 cm³/mol. The Bertz CT molecular complexity index is 1020. The van der Waals surface area contributed by atoms with Crippen LogP contribution in [0, 0.1) is 6.92 Å². The Labute approximate surface area is 150 Å². The number of nitrogens with zero attached hydrogens (tertiary/aromatic N) is 7. The molecule has 0 aliphatic heterocycles. The molecule has 4 rings (SSSR count). The summed E-state index contributed by atoms with van der Waals surface area (Å²) < 4.78 is 3.48. The lowest BCUT2D eigenvalue weighted by atomic mass is 10.2. The fourth-order valence-electron chi connectivity index (χ4n) is 2.76. The molecule has 0 fully saturated rings. The van der Waals surface area contributed by atoms with Crippen molar-refractivity contribution in [2.45, 2.75) is 33.2 Å². The Kier molecular flexibility index (Phi) is 4.30. The Morgan fingerprint density at radius 3 is 2.81 bits per heavy atom. The minimum Gasteiger partial charge on any atom is -0.366 e. The molecule has 4 aromatic rings. The number of hydrogen-bond acceptors (Lipinski definition) is 6. The molecule has 8 heteroatoms. The zero-order valence-electron chi connectivity index (χ0n) is 14.8. The standard InChI is InChI=1S/C18H20N8/c1-3-4-15-9-17(26-18(23-15)21-12-22-26)20-11-14-5-6-16(19-10-14)25-8-7-13(2)24-25/h5-10,12,20H,3-4,11H2,1-2H3. The number of rotatable bonds is 6. The Hall–Kier alpha value is -3.29. The van der Waals surface area contributed by atoms with E-state index in [1.807, 2.05) is 43.6 Å². The first-order valence-corrected chi connectivity index (χ1v) is 8.64. The van der Waals surface area contributed by atoms with Gasteiger partial charge in [0, 0.05) is 30.7 Å². The summed E-state index contributed by atoms with van der Waals surface area (Å²) in [5.41, 5.74) is 3.05. The van der Waals surface area contributed by atoms with E-state index in [0.717, 1.165) is 41.4 Å². The zero-order chi connectivity index (χ0) is 17.9. The van der Waals surface area contributed by atoms with Crippen LogP contribution < -0.4 is 5.32 Å². The number of hydrogen-bond donors (Lipinski definition) is 1. The fraction of sp³-hybridized carbons (Fsp3) is 0.278. The number of anilines is 1. The summed E-state index contributed by atoms with van der Waals surface area (Å²) in [5.74, 6) is 2.29. The highest BCUT2D eigenvalue weighted by atomic mass is 15.4. The highest BCUT2D eigenvalue weighted by molar-refractivity contribution is 5.45. The van der Waals surface area contributed by atoms with Crippen LogP contribution in [-0.2, 0) is 13.0 Å². The molecule has 4 heterocycles. The lowest BCUT2D eigenvalue weighted by molar-refractivity contribution is 0.828. The largest absolute Gasteiger partial charge is 0.366 e. The van der Waals surface area contributed by atoms with Crippen molar-refractivity contribution in [3.8, 4) is 5.82 Å². The third-order valence-corrected chi connectivity index (χ3v) is 4.05. The van der Waals surface area contributed by atoms with Gasteiger partial charge in [0.05, 0.1) is 5.69 Å². The van der Waals surface area contributed by atoms with E-state index in [9.17, 15) is 0 Å². The van der Waals surface area contributed by atoms with E-state index in [4.69, 9.17) is 0 Å². The summed E-state index contributed by atoms with van der Waals surface area (Å²) in [5, 5.41) is 12.0. The molecule has 0 unspecified atom stereocenters. The van der Waals surface area contributed by atoms with Crippen LogP contribution in [0.1, 0.15) is 30.3 Å². The molecule has 26 heavy (non-hydrogen) atoms. The van der Waals surface area contributed by atoms with Crippen LogP contribution in [0.2, 0.25) is 0 Å². The molecule has 0 amide bonds. The number of nitrogens with one attached hydrogen (secondary N) is 1. The maximum atomic E-state index is 4.52. The van der Waals surface area contributed by atoms with Gasteiger partial charge in [0.25, 0.3) is 5.78 Å². The lowest BCUT2D eigenvalue weighted by Gasteiger charge is -2.10. The number of aryl methyl sites for hydroxylation is 2. The fourth-order valence-corrected chi connectivity index (χ4v) is 2.76. The average molecular weight is 348 g/mol. The summed E-state index contributed by atoms with van der Waals surface area (Å²) in [7, 11) is 0. The van der Waals surface area contributed by atoms with Crippen LogP contribution in [-0.4, -0.2) is 34.3 Å². The van der Waals surface area contributed by atoms with Gasteiger partial charge >= 0.3 is 0 Å². The Morgan fingerprint density at radius 2 is 2.08 bits per heavy atom. The number of fused-ring (bicyclic) bond motifs is 1. The second-order valence-corrected chi connectivity index (χ2v) is 6.13. The van der Waals surface area contributed by atoms with Crippen molar-refractivity contribution in [2.75, 3.05) is 5.32 Å². The first-order chi connectivity index (χ1) is 12.7. The molecule has 8 nitrogen and oxygen atoms in total. The van der Waals surface area contributed by atoms with Gasteiger partial charge in [-0.2, -0.15) is 19.7 Å². The van der Waals surface area contributed by atoms with E-state index >= 15 is 0 Å². The normalized spacial score (nSPS) is 11.2. The van der Waals surface area contributed by atoms with Gasteiger partial charge in [0.2, 0.25) is 0 Å². The van der Waals surface area contributed by atoms with E-state index in [1.165, 1.54) is 6.33 Å². The molecule has 0 radical (unpaired) electrons. The lowest BCUT2D eigenvalue weighted by Crippen LogP contribution is -2.08. The van der Waals surface area contributed by atoms with Gasteiger partial charge in [-0.25, -0.2) is 14.6 Å². The SMILES string of the molecule is CCCc1cc(NCc2ccc(-n3ccc(C)n3)nc2)n2ncnc2n1. The third-order valence-electron chi connectivity index (χ3n) is 4.05. The van der Waals surface area contributed by atoms with Crippen LogP contribution in [0.5, 0.6) is 0 Å². The molecule has 0 saturated carbocycles. The Balaban J connectivity index is 1.52. The average Bonchev–Trinajstić information content (AvgIpc) is 3.29. The van der Waals surface area contributed by atoms with Gasteiger partial charge in [0.1, 0.15) is 12.1 Å². The highest BCUT2D eigenvalue weighted by Crippen LogP contribution is 2.14. The van der Waals surface area contributed by atoms with E-state index in [0.29, 0.717) is 12.3 Å². The van der Waals surface area contributed by atoms with Crippen LogP contribution in [0.15, 0.2) is 43.0 Å². The van der Waals surface area contributed by atoms with E-state index < -0.39 is 0 Å². The first-order valence-electron chi connectivity index (χ1n) is 8.64. The second kappa shape index (κ2) is 6.91. The second-order valence-electron chi connectivity index (χ2n) is 6.13. The quantitative estimate of drug-likeness (QED) is 0.576. The molecule has 1 N–H and O–H groups in total. The molecule has 0 bridgehead atoms. The molecule has 4 aromatic heterocycles. The molecular formula is C18H20N8.